The fourth-order valence-electron chi connectivity index (χ4n) is 1.09. The molecule has 2 aromatic heterocycles. The molecule has 0 aromatic carbocycles. The highest BCUT2D eigenvalue weighted by atomic mass is 19.1. The Morgan fingerprint density at radius 1 is 1.14 bits per heavy atom. The molecule has 0 fully saturated rings. The van der Waals surface area contributed by atoms with Gasteiger partial charge in [-0.15, -0.1) is 0 Å². The number of fused-ring (bicyclic) bond motifs is 1. The van der Waals surface area contributed by atoms with Crippen LogP contribution >= 0.6 is 0 Å². The van der Waals surface area contributed by atoms with Crippen molar-refractivity contribution in [3.05, 3.63) is 18.7 Å². The Morgan fingerprint density at radius 2 is 2.00 bits per heavy atom. The molecule has 14 heavy (non-hydrogen) atoms. The van der Waals surface area contributed by atoms with Crippen LogP contribution in [0.1, 0.15) is 0 Å². The van der Waals surface area contributed by atoms with Crippen molar-refractivity contribution >= 4 is 17.0 Å². The highest BCUT2D eigenvalue weighted by Gasteiger charge is 2.03. The van der Waals surface area contributed by atoms with Gasteiger partial charge >= 0.3 is 0 Å². The average molecular weight is 193 g/mol. The van der Waals surface area contributed by atoms with E-state index in [1.54, 1.807) is 12.4 Å². The lowest BCUT2D eigenvalue weighted by atomic mass is 10.4. The van der Waals surface area contributed by atoms with Gasteiger partial charge in [-0.3, -0.25) is 0 Å². The number of rotatable bonds is 3. The van der Waals surface area contributed by atoms with Gasteiger partial charge in [0.25, 0.3) is 0 Å². The molecule has 5 nitrogen and oxygen atoms in total. The van der Waals surface area contributed by atoms with E-state index in [9.17, 15) is 4.39 Å². The van der Waals surface area contributed by atoms with Gasteiger partial charge in [-0.1, -0.05) is 0 Å². The summed E-state index contributed by atoms with van der Waals surface area (Å²) in [5.74, 6) is 0.515. The van der Waals surface area contributed by atoms with E-state index in [-0.39, 0.29) is 6.54 Å². The van der Waals surface area contributed by atoms with Crippen molar-refractivity contribution in [2.24, 2.45) is 0 Å². The summed E-state index contributed by atoms with van der Waals surface area (Å²) >= 11 is 0. The van der Waals surface area contributed by atoms with Crippen LogP contribution in [0.25, 0.3) is 11.2 Å². The van der Waals surface area contributed by atoms with E-state index in [1.165, 1.54) is 6.33 Å². The van der Waals surface area contributed by atoms with Crippen LogP contribution in [0.3, 0.4) is 0 Å². The minimum atomic E-state index is -0.453. The predicted molar refractivity (Wildman–Crippen MR) is 49.6 cm³/mol. The molecule has 0 aliphatic heterocycles. The maximum Gasteiger partial charge on any atom is 0.183 e. The Morgan fingerprint density at radius 3 is 2.86 bits per heavy atom. The van der Waals surface area contributed by atoms with Crippen LogP contribution in [0.4, 0.5) is 10.2 Å². The molecule has 0 saturated carbocycles. The molecule has 2 aromatic rings. The zero-order valence-corrected chi connectivity index (χ0v) is 7.31. The van der Waals surface area contributed by atoms with Crippen molar-refractivity contribution in [1.82, 2.24) is 19.9 Å². The molecule has 0 bridgehead atoms. The first-order chi connectivity index (χ1) is 6.92. The van der Waals surface area contributed by atoms with Crippen molar-refractivity contribution in [3.8, 4) is 0 Å². The highest BCUT2D eigenvalue weighted by molar-refractivity contribution is 5.81. The summed E-state index contributed by atoms with van der Waals surface area (Å²) < 4.78 is 11.9. The van der Waals surface area contributed by atoms with E-state index in [0.29, 0.717) is 17.0 Å². The number of nitrogens with zero attached hydrogens (tertiary/aromatic N) is 4. The summed E-state index contributed by atoms with van der Waals surface area (Å²) in [4.78, 5) is 15.9. The molecule has 0 aliphatic carbocycles. The van der Waals surface area contributed by atoms with Gasteiger partial charge in [0.2, 0.25) is 0 Å². The molecule has 6 heteroatoms. The molecule has 0 spiro atoms. The number of aromatic nitrogens is 4. The third kappa shape index (κ3) is 1.59. The van der Waals surface area contributed by atoms with Crippen molar-refractivity contribution in [1.29, 1.82) is 0 Å². The number of halogens is 1. The quantitative estimate of drug-likeness (QED) is 0.781. The summed E-state index contributed by atoms with van der Waals surface area (Å²) in [7, 11) is 0. The number of hydrogen-bond donors (Lipinski definition) is 1. The van der Waals surface area contributed by atoms with E-state index in [4.69, 9.17) is 0 Å². The first-order valence-electron chi connectivity index (χ1n) is 4.13. The molecular weight excluding hydrogens is 185 g/mol. The van der Waals surface area contributed by atoms with Crippen LogP contribution < -0.4 is 5.32 Å². The van der Waals surface area contributed by atoms with Gasteiger partial charge in [-0.2, -0.15) is 0 Å². The summed E-state index contributed by atoms with van der Waals surface area (Å²) in [6, 6.07) is 0. The van der Waals surface area contributed by atoms with Crippen LogP contribution in [0, 0.1) is 0 Å². The van der Waals surface area contributed by atoms with Crippen LogP contribution in [0.15, 0.2) is 18.7 Å². The molecule has 0 atom stereocenters. The van der Waals surface area contributed by atoms with Crippen molar-refractivity contribution in [2.75, 3.05) is 18.5 Å². The number of hydrogen-bond acceptors (Lipinski definition) is 5. The maximum absolute atomic E-state index is 11.9. The fraction of sp³-hybridized carbons (Fsp3) is 0.250. The van der Waals surface area contributed by atoms with Crippen LogP contribution in [0.5, 0.6) is 0 Å². The first-order valence-corrected chi connectivity index (χ1v) is 4.13. The molecule has 0 unspecified atom stereocenters. The number of alkyl halides is 1. The van der Waals surface area contributed by atoms with E-state index in [2.05, 4.69) is 25.3 Å². The molecule has 0 aliphatic rings. The average Bonchev–Trinajstić information content (AvgIpc) is 2.26. The smallest absolute Gasteiger partial charge is 0.183 e. The molecule has 0 radical (unpaired) electrons. The molecular formula is C8H8FN5. The van der Waals surface area contributed by atoms with Crippen molar-refractivity contribution in [3.63, 3.8) is 0 Å². The fourth-order valence-corrected chi connectivity index (χ4v) is 1.09. The van der Waals surface area contributed by atoms with Crippen LogP contribution in [0.2, 0.25) is 0 Å². The van der Waals surface area contributed by atoms with Gasteiger partial charge in [0, 0.05) is 18.9 Å². The predicted octanol–water partition coefficient (Wildman–Crippen LogP) is 0.801. The van der Waals surface area contributed by atoms with Crippen molar-refractivity contribution in [2.45, 2.75) is 0 Å². The van der Waals surface area contributed by atoms with Gasteiger partial charge in [0.15, 0.2) is 11.5 Å². The standard InChI is InChI=1S/C8H8FN5/c9-1-2-11-7-6-8(14-5-13-7)12-4-3-10-6/h3-5H,1-2H2,(H,11,12,13,14). The minimum Gasteiger partial charge on any atom is -0.365 e. The third-order valence-corrected chi connectivity index (χ3v) is 1.66. The largest absolute Gasteiger partial charge is 0.365 e. The van der Waals surface area contributed by atoms with E-state index >= 15 is 0 Å². The Hall–Kier alpha value is -1.85. The number of nitrogens with one attached hydrogen (secondary N) is 1. The van der Waals surface area contributed by atoms with Crippen LogP contribution in [-0.2, 0) is 0 Å². The van der Waals surface area contributed by atoms with Crippen LogP contribution in [-0.4, -0.2) is 33.2 Å². The van der Waals surface area contributed by atoms with Gasteiger partial charge in [-0.05, 0) is 0 Å². The Kier molecular flexibility index (Phi) is 2.44. The zero-order chi connectivity index (χ0) is 9.80. The topological polar surface area (TPSA) is 63.6 Å². The zero-order valence-electron chi connectivity index (χ0n) is 7.31. The lowest BCUT2D eigenvalue weighted by molar-refractivity contribution is 0.512. The van der Waals surface area contributed by atoms with Gasteiger partial charge in [-0.25, -0.2) is 24.3 Å². The van der Waals surface area contributed by atoms with Gasteiger partial charge in [0.1, 0.15) is 18.5 Å². The summed E-state index contributed by atoms with van der Waals surface area (Å²) in [5.41, 5.74) is 1.06. The normalized spacial score (nSPS) is 10.4. The Balaban J connectivity index is 2.43. The minimum absolute atomic E-state index is 0.211. The summed E-state index contributed by atoms with van der Waals surface area (Å²) in [5, 5.41) is 2.81. The molecule has 1 N–H and O–H groups in total. The monoisotopic (exact) mass is 193 g/mol. The molecule has 2 rings (SSSR count). The third-order valence-electron chi connectivity index (χ3n) is 1.66. The molecule has 0 saturated heterocycles. The van der Waals surface area contributed by atoms with E-state index in [1.807, 2.05) is 0 Å². The molecule has 2 heterocycles. The van der Waals surface area contributed by atoms with Gasteiger partial charge in [0.05, 0.1) is 0 Å². The molecule has 0 amide bonds. The second-order valence-electron chi connectivity index (χ2n) is 2.57. The molecule has 72 valence electrons. The lowest BCUT2D eigenvalue weighted by Crippen LogP contribution is -2.06. The highest BCUT2D eigenvalue weighted by Crippen LogP contribution is 2.12. The SMILES string of the molecule is FCCNc1ncnc2nccnc12. The lowest BCUT2D eigenvalue weighted by Gasteiger charge is -2.03. The Labute approximate surface area is 79.4 Å². The second-order valence-corrected chi connectivity index (χ2v) is 2.57. The summed E-state index contributed by atoms with van der Waals surface area (Å²) in [6.07, 6.45) is 4.47. The van der Waals surface area contributed by atoms with Crippen molar-refractivity contribution < 1.29 is 4.39 Å². The first kappa shape index (κ1) is 8.74. The van der Waals surface area contributed by atoms with E-state index < -0.39 is 6.67 Å². The number of anilines is 1. The second kappa shape index (κ2) is 3.91. The Bertz CT molecular complexity index is 428. The summed E-state index contributed by atoms with van der Waals surface area (Å²) in [6.45, 7) is -0.242. The van der Waals surface area contributed by atoms with Gasteiger partial charge < -0.3 is 5.32 Å². The maximum atomic E-state index is 11.9. The van der Waals surface area contributed by atoms with E-state index in [0.717, 1.165) is 0 Å².